The summed E-state index contributed by atoms with van der Waals surface area (Å²) in [5.41, 5.74) is 10.0. The molecule has 0 amide bonds. The number of nitrogens with one attached hydrogen (secondary N) is 1. The van der Waals surface area contributed by atoms with E-state index in [0.717, 1.165) is 23.3 Å². The molecule has 0 atom stereocenters. The maximum atomic E-state index is 7.33. The fraction of sp³-hybridized carbons (Fsp3) is 0.429. The highest BCUT2D eigenvalue weighted by Gasteiger charge is 2.07. The van der Waals surface area contributed by atoms with Gasteiger partial charge in [0.15, 0.2) is 0 Å². The standard InChI is InChI=1S/C21H28N2O2/c1-3-4-5-6-7-8-15-25-21-16-18(11-14-20(21)23-22)17-9-12-19(24-2)13-10-17/h9-14,16,22H,3-8,15H2,1-2H3. The predicted molar refractivity (Wildman–Crippen MR) is 102 cm³/mol. The molecule has 2 aromatic rings. The number of ether oxygens (including phenoxy) is 2. The molecule has 25 heavy (non-hydrogen) atoms. The lowest BCUT2D eigenvalue weighted by Crippen LogP contribution is -1.98. The maximum absolute atomic E-state index is 7.33. The van der Waals surface area contributed by atoms with Gasteiger partial charge in [-0.15, -0.1) is 0 Å². The molecule has 0 aliphatic carbocycles. The second-order valence-electron chi connectivity index (χ2n) is 6.14. The van der Waals surface area contributed by atoms with Crippen molar-refractivity contribution in [2.75, 3.05) is 13.7 Å². The highest BCUT2D eigenvalue weighted by Crippen LogP contribution is 2.33. The Labute approximate surface area is 150 Å². The van der Waals surface area contributed by atoms with Crippen LogP contribution in [0.25, 0.3) is 11.1 Å². The quantitative estimate of drug-likeness (QED) is 0.363. The van der Waals surface area contributed by atoms with Crippen LogP contribution < -0.4 is 9.47 Å². The Morgan fingerprint density at radius 1 is 0.880 bits per heavy atom. The van der Waals surface area contributed by atoms with Crippen LogP contribution in [0.15, 0.2) is 47.6 Å². The van der Waals surface area contributed by atoms with E-state index in [2.05, 4.69) is 12.0 Å². The summed E-state index contributed by atoms with van der Waals surface area (Å²) >= 11 is 0. The van der Waals surface area contributed by atoms with Gasteiger partial charge >= 0.3 is 0 Å². The molecule has 2 aromatic carbocycles. The van der Waals surface area contributed by atoms with Crippen molar-refractivity contribution in [3.8, 4) is 22.6 Å². The topological polar surface area (TPSA) is 54.7 Å². The fourth-order valence-corrected chi connectivity index (χ4v) is 2.75. The maximum Gasteiger partial charge on any atom is 0.147 e. The highest BCUT2D eigenvalue weighted by molar-refractivity contribution is 5.70. The Bertz CT molecular complexity index is 653. The lowest BCUT2D eigenvalue weighted by atomic mass is 10.0. The summed E-state index contributed by atoms with van der Waals surface area (Å²) in [6, 6.07) is 13.7. The number of benzene rings is 2. The van der Waals surface area contributed by atoms with Crippen LogP contribution in [0.5, 0.6) is 11.5 Å². The Morgan fingerprint density at radius 2 is 1.56 bits per heavy atom. The molecule has 0 fully saturated rings. The van der Waals surface area contributed by atoms with Gasteiger partial charge in [-0.25, -0.2) is 5.53 Å². The van der Waals surface area contributed by atoms with Gasteiger partial charge in [-0.2, -0.15) is 5.11 Å². The summed E-state index contributed by atoms with van der Waals surface area (Å²) in [7, 11) is 1.66. The summed E-state index contributed by atoms with van der Waals surface area (Å²) in [5.74, 6) is 1.51. The minimum absolute atomic E-state index is 0.572. The Morgan fingerprint density at radius 3 is 2.24 bits per heavy atom. The van der Waals surface area contributed by atoms with Crippen LogP contribution in [0.1, 0.15) is 45.4 Å². The molecule has 0 bridgehead atoms. The van der Waals surface area contributed by atoms with Gasteiger partial charge in [-0.1, -0.05) is 57.2 Å². The number of rotatable bonds is 11. The van der Waals surface area contributed by atoms with Crippen molar-refractivity contribution in [1.82, 2.24) is 0 Å². The van der Waals surface area contributed by atoms with Crippen molar-refractivity contribution in [3.05, 3.63) is 42.5 Å². The van der Waals surface area contributed by atoms with Crippen LogP contribution in [0, 0.1) is 5.53 Å². The molecule has 0 saturated carbocycles. The van der Waals surface area contributed by atoms with E-state index in [1.165, 1.54) is 32.1 Å². The molecule has 0 saturated heterocycles. The lowest BCUT2D eigenvalue weighted by Gasteiger charge is -2.11. The summed E-state index contributed by atoms with van der Waals surface area (Å²) in [5, 5.41) is 3.58. The van der Waals surface area contributed by atoms with Crippen molar-refractivity contribution in [2.24, 2.45) is 5.11 Å². The van der Waals surface area contributed by atoms with Crippen molar-refractivity contribution in [3.63, 3.8) is 0 Å². The number of hydrogen-bond donors (Lipinski definition) is 1. The second-order valence-corrected chi connectivity index (χ2v) is 6.14. The van der Waals surface area contributed by atoms with E-state index in [4.69, 9.17) is 15.0 Å². The van der Waals surface area contributed by atoms with Crippen LogP contribution in [0.3, 0.4) is 0 Å². The van der Waals surface area contributed by atoms with Crippen LogP contribution in [0.4, 0.5) is 5.69 Å². The first-order valence-electron chi connectivity index (χ1n) is 9.07. The molecule has 134 valence electrons. The van der Waals surface area contributed by atoms with Gasteiger partial charge in [0, 0.05) is 0 Å². The van der Waals surface area contributed by atoms with E-state index in [9.17, 15) is 0 Å². The molecule has 4 heteroatoms. The average molecular weight is 340 g/mol. The zero-order valence-corrected chi connectivity index (χ0v) is 15.3. The molecular formula is C21H28N2O2. The Kier molecular flexibility index (Phi) is 7.96. The molecule has 0 aliphatic heterocycles. The van der Waals surface area contributed by atoms with Crippen LogP contribution in [-0.4, -0.2) is 13.7 Å². The third kappa shape index (κ3) is 5.89. The van der Waals surface area contributed by atoms with Crippen molar-refractivity contribution in [1.29, 1.82) is 5.53 Å². The van der Waals surface area contributed by atoms with Crippen LogP contribution >= 0.6 is 0 Å². The van der Waals surface area contributed by atoms with Crippen molar-refractivity contribution >= 4 is 5.69 Å². The Hall–Kier alpha value is -2.36. The van der Waals surface area contributed by atoms with Gasteiger partial charge < -0.3 is 9.47 Å². The number of nitrogens with zero attached hydrogens (tertiary/aromatic N) is 1. The number of unbranched alkanes of at least 4 members (excludes halogenated alkanes) is 5. The summed E-state index contributed by atoms with van der Waals surface area (Å²) in [4.78, 5) is 0. The van der Waals surface area contributed by atoms with E-state index in [1.54, 1.807) is 7.11 Å². The monoisotopic (exact) mass is 340 g/mol. The molecule has 0 radical (unpaired) electrons. The molecule has 0 aromatic heterocycles. The second kappa shape index (κ2) is 10.5. The third-order valence-electron chi connectivity index (χ3n) is 4.26. The zero-order valence-electron chi connectivity index (χ0n) is 15.3. The summed E-state index contributed by atoms with van der Waals surface area (Å²) in [6.07, 6.45) is 7.37. The van der Waals surface area contributed by atoms with Gasteiger partial charge in [0.1, 0.15) is 17.2 Å². The Balaban J connectivity index is 1.97. The molecule has 1 N–H and O–H groups in total. The van der Waals surface area contributed by atoms with E-state index >= 15 is 0 Å². The van der Waals surface area contributed by atoms with Gasteiger partial charge in [0.05, 0.1) is 13.7 Å². The summed E-state index contributed by atoms with van der Waals surface area (Å²) in [6.45, 7) is 2.89. The van der Waals surface area contributed by atoms with Crippen molar-refractivity contribution in [2.45, 2.75) is 45.4 Å². The third-order valence-corrected chi connectivity index (χ3v) is 4.26. The van der Waals surface area contributed by atoms with E-state index in [-0.39, 0.29) is 0 Å². The van der Waals surface area contributed by atoms with E-state index in [1.807, 2.05) is 42.5 Å². The van der Waals surface area contributed by atoms with Gasteiger partial charge in [-0.05, 0) is 41.8 Å². The largest absolute Gasteiger partial charge is 0.497 e. The van der Waals surface area contributed by atoms with Crippen LogP contribution in [-0.2, 0) is 0 Å². The molecule has 0 heterocycles. The van der Waals surface area contributed by atoms with Gasteiger partial charge in [0.25, 0.3) is 0 Å². The predicted octanol–water partition coefficient (Wildman–Crippen LogP) is 6.76. The zero-order chi connectivity index (χ0) is 17.9. The molecule has 2 rings (SSSR count). The first-order valence-corrected chi connectivity index (χ1v) is 9.07. The molecule has 0 spiro atoms. The van der Waals surface area contributed by atoms with Crippen molar-refractivity contribution < 1.29 is 9.47 Å². The van der Waals surface area contributed by atoms with E-state index in [0.29, 0.717) is 18.0 Å². The minimum atomic E-state index is 0.572. The SMILES string of the molecule is CCCCCCCCOc1cc(-c2ccc(OC)cc2)ccc1N=N. The average Bonchev–Trinajstić information content (AvgIpc) is 2.67. The number of methoxy groups -OCH3 is 1. The number of hydrogen-bond acceptors (Lipinski definition) is 4. The molecular weight excluding hydrogens is 312 g/mol. The normalized spacial score (nSPS) is 10.5. The highest BCUT2D eigenvalue weighted by atomic mass is 16.5. The molecule has 4 nitrogen and oxygen atoms in total. The minimum Gasteiger partial charge on any atom is -0.497 e. The lowest BCUT2D eigenvalue weighted by molar-refractivity contribution is 0.305. The smallest absolute Gasteiger partial charge is 0.147 e. The first-order chi connectivity index (χ1) is 12.3. The molecule has 0 aliphatic rings. The first kappa shape index (κ1) is 19.0. The van der Waals surface area contributed by atoms with Gasteiger partial charge in [0.2, 0.25) is 0 Å². The molecule has 0 unspecified atom stereocenters. The van der Waals surface area contributed by atoms with Crippen LogP contribution in [0.2, 0.25) is 0 Å². The fourth-order valence-electron chi connectivity index (χ4n) is 2.75. The van der Waals surface area contributed by atoms with E-state index < -0.39 is 0 Å². The van der Waals surface area contributed by atoms with Gasteiger partial charge in [-0.3, -0.25) is 0 Å². The summed E-state index contributed by atoms with van der Waals surface area (Å²) < 4.78 is 11.1.